The molecule has 6 nitrogen and oxygen atoms in total. The fraction of sp³-hybridized carbons (Fsp3) is 0.522. The first-order valence-electron chi connectivity index (χ1n) is 10.4. The summed E-state index contributed by atoms with van der Waals surface area (Å²) in [4.78, 5) is 26.9. The fourth-order valence-corrected chi connectivity index (χ4v) is 3.15. The molecule has 29 heavy (non-hydrogen) atoms. The van der Waals surface area contributed by atoms with Gasteiger partial charge in [0.2, 0.25) is 0 Å². The van der Waals surface area contributed by atoms with Crippen molar-refractivity contribution < 1.29 is 14.1 Å². The van der Waals surface area contributed by atoms with Crippen LogP contribution >= 0.6 is 0 Å². The van der Waals surface area contributed by atoms with Crippen molar-refractivity contribution in [2.75, 3.05) is 13.1 Å². The Hall–Kier alpha value is -2.63. The Bertz CT molecular complexity index is 845. The zero-order chi connectivity index (χ0) is 21.0. The standard InChI is InChI=1S/C23H31N3O3/c1-5-12-26(22(28)17-8-10-18(11-9-17)23(2,3)4)15-19-13-20(25-29-19)21(27)24-14-16-6-7-16/h8-11,13,16H,5-7,12,14-15H2,1-4H3,(H,24,27). The Balaban J connectivity index is 1.66. The minimum absolute atomic E-state index is 0.0427. The average molecular weight is 398 g/mol. The Kier molecular flexibility index (Phi) is 6.40. The maximum Gasteiger partial charge on any atom is 0.273 e. The molecule has 3 rings (SSSR count). The topological polar surface area (TPSA) is 75.4 Å². The van der Waals surface area contributed by atoms with Gasteiger partial charge >= 0.3 is 0 Å². The lowest BCUT2D eigenvalue weighted by Gasteiger charge is -2.22. The highest BCUT2D eigenvalue weighted by Crippen LogP contribution is 2.27. The molecule has 1 N–H and O–H groups in total. The van der Waals surface area contributed by atoms with E-state index in [0.29, 0.717) is 30.3 Å². The van der Waals surface area contributed by atoms with Crippen molar-refractivity contribution >= 4 is 11.8 Å². The summed E-state index contributed by atoms with van der Waals surface area (Å²) in [6.07, 6.45) is 3.18. The second-order valence-electron chi connectivity index (χ2n) is 8.89. The van der Waals surface area contributed by atoms with Gasteiger partial charge in [0.05, 0.1) is 6.54 Å². The zero-order valence-electron chi connectivity index (χ0n) is 17.8. The second-order valence-corrected chi connectivity index (χ2v) is 8.89. The van der Waals surface area contributed by atoms with E-state index in [1.54, 1.807) is 11.0 Å². The van der Waals surface area contributed by atoms with Gasteiger partial charge in [-0.2, -0.15) is 0 Å². The SMILES string of the molecule is CCCN(Cc1cc(C(=O)NCC2CC2)no1)C(=O)c1ccc(C(C)(C)C)cc1. The number of carbonyl (C=O) groups is 2. The Morgan fingerprint density at radius 2 is 1.90 bits per heavy atom. The summed E-state index contributed by atoms with van der Waals surface area (Å²) in [5.74, 6) is 0.837. The molecule has 1 aromatic heterocycles. The zero-order valence-corrected chi connectivity index (χ0v) is 17.8. The molecule has 0 spiro atoms. The van der Waals surface area contributed by atoms with Crippen LogP contribution in [-0.2, 0) is 12.0 Å². The maximum atomic E-state index is 13.0. The van der Waals surface area contributed by atoms with Gasteiger partial charge in [0, 0.05) is 24.7 Å². The monoisotopic (exact) mass is 397 g/mol. The van der Waals surface area contributed by atoms with E-state index >= 15 is 0 Å². The van der Waals surface area contributed by atoms with E-state index in [2.05, 4.69) is 31.2 Å². The fourth-order valence-electron chi connectivity index (χ4n) is 3.15. The first kappa shape index (κ1) is 21.1. The minimum atomic E-state index is -0.224. The summed E-state index contributed by atoms with van der Waals surface area (Å²) in [5.41, 5.74) is 2.14. The van der Waals surface area contributed by atoms with Crippen molar-refractivity contribution in [2.24, 2.45) is 5.92 Å². The highest BCUT2D eigenvalue weighted by molar-refractivity contribution is 5.94. The molecule has 2 amide bonds. The van der Waals surface area contributed by atoms with Crippen molar-refractivity contribution in [1.82, 2.24) is 15.4 Å². The average Bonchev–Trinajstić information content (AvgIpc) is 3.41. The summed E-state index contributed by atoms with van der Waals surface area (Å²) < 4.78 is 5.33. The molecular formula is C23H31N3O3. The van der Waals surface area contributed by atoms with Gasteiger partial charge in [0.15, 0.2) is 11.5 Å². The predicted octanol–water partition coefficient (Wildman–Crippen LogP) is 4.16. The first-order valence-corrected chi connectivity index (χ1v) is 10.4. The highest BCUT2D eigenvalue weighted by Gasteiger charge is 2.24. The minimum Gasteiger partial charge on any atom is -0.359 e. The van der Waals surface area contributed by atoms with E-state index in [4.69, 9.17) is 4.52 Å². The number of hydrogen-bond acceptors (Lipinski definition) is 4. The summed E-state index contributed by atoms with van der Waals surface area (Å²) in [6.45, 7) is 10.0. The molecule has 0 bridgehead atoms. The Labute approximate surface area is 172 Å². The number of nitrogens with zero attached hydrogens (tertiary/aromatic N) is 2. The largest absolute Gasteiger partial charge is 0.359 e. The van der Waals surface area contributed by atoms with Crippen LogP contribution in [0.1, 0.15) is 79.1 Å². The summed E-state index contributed by atoms with van der Waals surface area (Å²) >= 11 is 0. The van der Waals surface area contributed by atoms with Crippen LogP contribution in [0.25, 0.3) is 0 Å². The number of benzene rings is 1. The van der Waals surface area contributed by atoms with Crippen molar-refractivity contribution in [3.63, 3.8) is 0 Å². The predicted molar refractivity (Wildman–Crippen MR) is 112 cm³/mol. The Morgan fingerprint density at radius 1 is 1.21 bits per heavy atom. The van der Waals surface area contributed by atoms with Crippen LogP contribution in [0, 0.1) is 5.92 Å². The summed E-state index contributed by atoms with van der Waals surface area (Å²) in [7, 11) is 0. The number of nitrogens with one attached hydrogen (secondary N) is 1. The van der Waals surface area contributed by atoms with Crippen molar-refractivity contribution in [3.8, 4) is 0 Å². The van der Waals surface area contributed by atoms with Crippen LogP contribution in [0.2, 0.25) is 0 Å². The van der Waals surface area contributed by atoms with E-state index in [1.165, 1.54) is 18.4 Å². The third kappa shape index (κ3) is 5.68. The van der Waals surface area contributed by atoms with Crippen LogP contribution in [0.5, 0.6) is 0 Å². The third-order valence-corrected chi connectivity index (χ3v) is 5.17. The van der Waals surface area contributed by atoms with Gasteiger partial charge in [0.25, 0.3) is 11.8 Å². The van der Waals surface area contributed by atoms with Crippen LogP contribution in [0.3, 0.4) is 0 Å². The van der Waals surface area contributed by atoms with Crippen molar-refractivity contribution in [1.29, 1.82) is 0 Å². The molecule has 1 heterocycles. The van der Waals surface area contributed by atoms with Gasteiger partial charge in [-0.15, -0.1) is 0 Å². The number of aromatic nitrogens is 1. The number of rotatable bonds is 8. The Morgan fingerprint density at radius 3 is 2.48 bits per heavy atom. The quantitative estimate of drug-likeness (QED) is 0.726. The molecule has 156 valence electrons. The summed E-state index contributed by atoms with van der Waals surface area (Å²) in [6, 6.07) is 9.40. The molecule has 1 aromatic carbocycles. The summed E-state index contributed by atoms with van der Waals surface area (Å²) in [5, 5.41) is 6.75. The molecule has 1 saturated carbocycles. The third-order valence-electron chi connectivity index (χ3n) is 5.17. The van der Waals surface area contributed by atoms with Crippen LogP contribution in [-0.4, -0.2) is 35.0 Å². The van der Waals surface area contributed by atoms with E-state index in [9.17, 15) is 9.59 Å². The van der Waals surface area contributed by atoms with Gasteiger partial charge < -0.3 is 14.7 Å². The molecule has 0 saturated heterocycles. The molecule has 1 fully saturated rings. The van der Waals surface area contributed by atoms with E-state index in [-0.39, 0.29) is 29.5 Å². The number of carbonyl (C=O) groups excluding carboxylic acids is 2. The highest BCUT2D eigenvalue weighted by atomic mass is 16.5. The second kappa shape index (κ2) is 8.80. The lowest BCUT2D eigenvalue weighted by Crippen LogP contribution is -2.31. The lowest BCUT2D eigenvalue weighted by atomic mass is 9.86. The molecule has 1 aliphatic rings. The van der Waals surface area contributed by atoms with Crippen molar-refractivity contribution in [2.45, 2.75) is 58.9 Å². The van der Waals surface area contributed by atoms with Crippen LogP contribution in [0.4, 0.5) is 0 Å². The van der Waals surface area contributed by atoms with Gasteiger partial charge in [0.1, 0.15) is 0 Å². The molecule has 0 atom stereocenters. The normalized spacial score (nSPS) is 13.9. The molecule has 1 aliphatic carbocycles. The number of amides is 2. The van der Waals surface area contributed by atoms with E-state index in [1.807, 2.05) is 31.2 Å². The van der Waals surface area contributed by atoms with Crippen molar-refractivity contribution in [3.05, 3.63) is 52.9 Å². The van der Waals surface area contributed by atoms with Crippen LogP contribution in [0.15, 0.2) is 34.9 Å². The van der Waals surface area contributed by atoms with E-state index in [0.717, 1.165) is 6.42 Å². The smallest absolute Gasteiger partial charge is 0.273 e. The first-order chi connectivity index (χ1) is 13.8. The maximum absolute atomic E-state index is 13.0. The van der Waals surface area contributed by atoms with Gasteiger partial charge in [-0.25, -0.2) is 0 Å². The van der Waals surface area contributed by atoms with Gasteiger partial charge in [-0.05, 0) is 48.3 Å². The molecular weight excluding hydrogens is 366 g/mol. The number of hydrogen-bond donors (Lipinski definition) is 1. The molecule has 0 unspecified atom stereocenters. The molecule has 2 aromatic rings. The van der Waals surface area contributed by atoms with Gasteiger partial charge in [-0.1, -0.05) is 45.0 Å². The van der Waals surface area contributed by atoms with Gasteiger partial charge in [-0.3, -0.25) is 9.59 Å². The van der Waals surface area contributed by atoms with Crippen LogP contribution < -0.4 is 5.32 Å². The molecule has 6 heteroatoms. The molecule has 0 aliphatic heterocycles. The lowest BCUT2D eigenvalue weighted by molar-refractivity contribution is 0.0727. The molecule has 0 radical (unpaired) electrons. The van der Waals surface area contributed by atoms with E-state index < -0.39 is 0 Å².